The molecule has 0 spiro atoms. The van der Waals surface area contributed by atoms with Crippen LogP contribution in [0.5, 0.6) is 0 Å². The normalized spacial score (nSPS) is 10.7. The zero-order chi connectivity index (χ0) is 16.4. The lowest BCUT2D eigenvalue weighted by atomic mass is 10.2. The van der Waals surface area contributed by atoms with Gasteiger partial charge >= 0.3 is 0 Å². The summed E-state index contributed by atoms with van der Waals surface area (Å²) in [6.45, 7) is 2.07. The van der Waals surface area contributed by atoms with Gasteiger partial charge in [0.2, 0.25) is 0 Å². The van der Waals surface area contributed by atoms with E-state index in [1.807, 2.05) is 48.5 Å². The highest BCUT2D eigenvalue weighted by molar-refractivity contribution is 5.92. The molecule has 2 aromatic heterocycles. The Hall–Kier alpha value is -3.27. The molecule has 2 heterocycles. The second-order valence-electron chi connectivity index (χ2n) is 5.65. The number of fused-ring (bicyclic) bond motifs is 1. The van der Waals surface area contributed by atoms with Crippen molar-refractivity contribution in [3.8, 4) is 11.4 Å². The SMILES string of the molecule is Cc1cccc(Nc2nc(-c3cccnc3)nc3ccccc23)c1. The van der Waals surface area contributed by atoms with Gasteiger partial charge in [-0.25, -0.2) is 9.97 Å². The first-order chi connectivity index (χ1) is 11.8. The number of rotatable bonds is 3. The van der Waals surface area contributed by atoms with Crippen LogP contribution in [0, 0.1) is 6.92 Å². The number of nitrogens with zero attached hydrogens (tertiary/aromatic N) is 3. The number of para-hydroxylation sites is 1. The van der Waals surface area contributed by atoms with E-state index in [0.29, 0.717) is 5.82 Å². The molecule has 0 atom stereocenters. The van der Waals surface area contributed by atoms with Gasteiger partial charge in [0.1, 0.15) is 5.82 Å². The Balaban J connectivity index is 1.86. The van der Waals surface area contributed by atoms with Crippen LogP contribution < -0.4 is 5.32 Å². The summed E-state index contributed by atoms with van der Waals surface area (Å²) in [5.41, 5.74) is 4.01. The molecule has 2 aromatic carbocycles. The Morgan fingerprint density at radius 2 is 1.79 bits per heavy atom. The fourth-order valence-electron chi connectivity index (χ4n) is 2.66. The van der Waals surface area contributed by atoms with Crippen molar-refractivity contribution >= 4 is 22.4 Å². The van der Waals surface area contributed by atoms with Gasteiger partial charge in [-0.05, 0) is 48.9 Å². The third-order valence-corrected chi connectivity index (χ3v) is 3.80. The third-order valence-electron chi connectivity index (χ3n) is 3.80. The lowest BCUT2D eigenvalue weighted by Gasteiger charge is -2.11. The van der Waals surface area contributed by atoms with Crippen LogP contribution in [0.4, 0.5) is 11.5 Å². The lowest BCUT2D eigenvalue weighted by Crippen LogP contribution is -1.99. The number of benzene rings is 2. The Labute approximate surface area is 140 Å². The molecule has 4 aromatic rings. The van der Waals surface area contributed by atoms with Crippen molar-refractivity contribution < 1.29 is 0 Å². The summed E-state index contributed by atoms with van der Waals surface area (Å²) in [6.07, 6.45) is 3.52. The van der Waals surface area contributed by atoms with Gasteiger partial charge < -0.3 is 5.32 Å². The molecular formula is C20H16N4. The summed E-state index contributed by atoms with van der Waals surface area (Å²) in [4.78, 5) is 13.6. The number of hydrogen-bond acceptors (Lipinski definition) is 4. The van der Waals surface area contributed by atoms with Crippen LogP contribution in [-0.2, 0) is 0 Å². The van der Waals surface area contributed by atoms with Gasteiger partial charge in [0.15, 0.2) is 5.82 Å². The summed E-state index contributed by atoms with van der Waals surface area (Å²) in [5, 5.41) is 4.42. The van der Waals surface area contributed by atoms with Gasteiger partial charge in [0.05, 0.1) is 5.52 Å². The minimum absolute atomic E-state index is 0.664. The largest absolute Gasteiger partial charge is 0.340 e. The van der Waals surface area contributed by atoms with Crippen molar-refractivity contribution in [3.63, 3.8) is 0 Å². The van der Waals surface area contributed by atoms with Gasteiger partial charge in [-0.15, -0.1) is 0 Å². The number of pyridine rings is 1. The minimum atomic E-state index is 0.664. The molecule has 4 nitrogen and oxygen atoms in total. The molecule has 0 aliphatic heterocycles. The quantitative estimate of drug-likeness (QED) is 0.593. The summed E-state index contributed by atoms with van der Waals surface area (Å²) < 4.78 is 0. The first-order valence-corrected chi connectivity index (χ1v) is 7.80. The molecular weight excluding hydrogens is 296 g/mol. The number of hydrogen-bond donors (Lipinski definition) is 1. The molecule has 4 heteroatoms. The second-order valence-corrected chi connectivity index (χ2v) is 5.65. The van der Waals surface area contributed by atoms with Crippen molar-refractivity contribution in [1.29, 1.82) is 0 Å². The van der Waals surface area contributed by atoms with E-state index in [1.54, 1.807) is 12.4 Å². The summed E-state index contributed by atoms with van der Waals surface area (Å²) >= 11 is 0. The topological polar surface area (TPSA) is 50.7 Å². The molecule has 0 saturated carbocycles. The van der Waals surface area contributed by atoms with E-state index >= 15 is 0 Å². The third kappa shape index (κ3) is 2.82. The molecule has 0 fully saturated rings. The van der Waals surface area contributed by atoms with Gasteiger partial charge in [0.25, 0.3) is 0 Å². The first-order valence-electron chi connectivity index (χ1n) is 7.80. The Kier molecular flexibility index (Phi) is 3.63. The number of nitrogens with one attached hydrogen (secondary N) is 1. The maximum Gasteiger partial charge on any atom is 0.163 e. The molecule has 0 radical (unpaired) electrons. The highest BCUT2D eigenvalue weighted by atomic mass is 15.0. The molecule has 0 bridgehead atoms. The molecule has 4 rings (SSSR count). The van der Waals surface area contributed by atoms with Crippen molar-refractivity contribution in [2.24, 2.45) is 0 Å². The average molecular weight is 312 g/mol. The van der Waals surface area contributed by atoms with E-state index in [1.165, 1.54) is 5.56 Å². The molecule has 24 heavy (non-hydrogen) atoms. The zero-order valence-electron chi connectivity index (χ0n) is 13.3. The zero-order valence-corrected chi connectivity index (χ0v) is 13.3. The molecule has 0 saturated heterocycles. The molecule has 0 aliphatic carbocycles. The highest BCUT2D eigenvalue weighted by Crippen LogP contribution is 2.27. The van der Waals surface area contributed by atoms with Gasteiger partial charge in [-0.2, -0.15) is 0 Å². The summed E-state index contributed by atoms with van der Waals surface area (Å²) in [5.74, 6) is 1.46. The molecule has 116 valence electrons. The van der Waals surface area contributed by atoms with E-state index in [9.17, 15) is 0 Å². The maximum atomic E-state index is 4.73. The van der Waals surface area contributed by atoms with Gasteiger partial charge in [-0.1, -0.05) is 24.3 Å². The fourth-order valence-corrected chi connectivity index (χ4v) is 2.66. The smallest absolute Gasteiger partial charge is 0.163 e. The fraction of sp³-hybridized carbons (Fsp3) is 0.0500. The van der Waals surface area contributed by atoms with Crippen molar-refractivity contribution in [2.45, 2.75) is 6.92 Å². The second kappa shape index (κ2) is 6.08. The van der Waals surface area contributed by atoms with Crippen molar-refractivity contribution in [2.75, 3.05) is 5.32 Å². The van der Waals surface area contributed by atoms with E-state index in [4.69, 9.17) is 4.98 Å². The van der Waals surface area contributed by atoms with Crippen molar-refractivity contribution in [1.82, 2.24) is 15.0 Å². The van der Waals surface area contributed by atoms with E-state index in [0.717, 1.165) is 28.0 Å². The van der Waals surface area contributed by atoms with Crippen LogP contribution >= 0.6 is 0 Å². The number of aromatic nitrogens is 3. The van der Waals surface area contributed by atoms with Crippen LogP contribution in [0.2, 0.25) is 0 Å². The number of anilines is 2. The van der Waals surface area contributed by atoms with Crippen LogP contribution in [-0.4, -0.2) is 15.0 Å². The molecule has 0 aliphatic rings. The van der Waals surface area contributed by atoms with Crippen molar-refractivity contribution in [3.05, 3.63) is 78.6 Å². The average Bonchev–Trinajstić information content (AvgIpc) is 2.62. The predicted molar refractivity (Wildman–Crippen MR) is 97.2 cm³/mol. The summed E-state index contributed by atoms with van der Waals surface area (Å²) in [6, 6.07) is 20.1. The maximum absolute atomic E-state index is 4.73. The number of aryl methyl sites for hydroxylation is 1. The van der Waals surface area contributed by atoms with Gasteiger partial charge in [0, 0.05) is 29.0 Å². The van der Waals surface area contributed by atoms with E-state index in [-0.39, 0.29) is 0 Å². The molecule has 1 N–H and O–H groups in total. The predicted octanol–water partition coefficient (Wildman–Crippen LogP) is 4.74. The monoisotopic (exact) mass is 312 g/mol. The van der Waals surface area contributed by atoms with Crippen LogP contribution in [0.1, 0.15) is 5.56 Å². The molecule has 0 amide bonds. The Morgan fingerprint density at radius 1 is 0.875 bits per heavy atom. The van der Waals surface area contributed by atoms with Gasteiger partial charge in [-0.3, -0.25) is 4.98 Å². The van der Waals surface area contributed by atoms with E-state index in [2.05, 4.69) is 34.3 Å². The van der Waals surface area contributed by atoms with Crippen LogP contribution in [0.15, 0.2) is 73.1 Å². The Morgan fingerprint density at radius 3 is 2.62 bits per heavy atom. The highest BCUT2D eigenvalue weighted by Gasteiger charge is 2.09. The van der Waals surface area contributed by atoms with E-state index < -0.39 is 0 Å². The van der Waals surface area contributed by atoms with Crippen LogP contribution in [0.3, 0.4) is 0 Å². The first kappa shape index (κ1) is 14.3. The minimum Gasteiger partial charge on any atom is -0.340 e. The summed E-state index contributed by atoms with van der Waals surface area (Å²) in [7, 11) is 0. The lowest BCUT2D eigenvalue weighted by molar-refractivity contribution is 1.20. The van der Waals surface area contributed by atoms with Crippen LogP contribution in [0.25, 0.3) is 22.3 Å². The molecule has 0 unspecified atom stereocenters. The Bertz CT molecular complexity index is 997. The standard InChI is InChI=1S/C20H16N4/c1-14-6-4-8-16(12-14)22-20-17-9-2-3-10-18(17)23-19(24-20)15-7-5-11-21-13-15/h2-13H,1H3,(H,22,23,24).